The lowest BCUT2D eigenvalue weighted by Crippen LogP contribution is -2.32. The van der Waals surface area contributed by atoms with Gasteiger partial charge in [-0.15, -0.1) is 11.3 Å². The first-order valence-corrected chi connectivity index (χ1v) is 12.0. The SMILES string of the molecule is CNCC[C@H](Oc1ccccc1CN1CCC(c2cccc(O)c2)CC1)c1cccs1. The van der Waals surface area contributed by atoms with Crippen molar-refractivity contribution in [3.8, 4) is 11.5 Å². The summed E-state index contributed by atoms with van der Waals surface area (Å²) in [6, 6.07) is 20.5. The maximum absolute atomic E-state index is 9.79. The molecule has 5 heteroatoms. The number of nitrogens with zero attached hydrogens (tertiary/aromatic N) is 1. The number of benzene rings is 2. The highest BCUT2D eigenvalue weighted by molar-refractivity contribution is 7.10. The lowest BCUT2D eigenvalue weighted by molar-refractivity contribution is 0.181. The van der Waals surface area contributed by atoms with E-state index in [-0.39, 0.29) is 6.10 Å². The van der Waals surface area contributed by atoms with Gasteiger partial charge in [-0.3, -0.25) is 4.90 Å². The molecule has 1 saturated heterocycles. The fourth-order valence-electron chi connectivity index (χ4n) is 4.36. The Morgan fingerprint density at radius 2 is 1.94 bits per heavy atom. The van der Waals surface area contributed by atoms with Gasteiger partial charge >= 0.3 is 0 Å². The van der Waals surface area contributed by atoms with E-state index in [9.17, 15) is 5.11 Å². The Balaban J connectivity index is 1.40. The van der Waals surface area contributed by atoms with Crippen molar-refractivity contribution in [3.05, 3.63) is 82.0 Å². The number of phenolic OH excluding ortho intramolecular Hbond substituents is 1. The van der Waals surface area contributed by atoms with Crippen LogP contribution < -0.4 is 10.1 Å². The molecule has 2 aromatic carbocycles. The summed E-state index contributed by atoms with van der Waals surface area (Å²) in [4.78, 5) is 3.80. The molecule has 4 nitrogen and oxygen atoms in total. The van der Waals surface area contributed by atoms with E-state index in [0.29, 0.717) is 11.7 Å². The van der Waals surface area contributed by atoms with Crippen LogP contribution in [0.25, 0.3) is 0 Å². The maximum Gasteiger partial charge on any atom is 0.134 e. The first-order chi connectivity index (χ1) is 15.2. The smallest absolute Gasteiger partial charge is 0.134 e. The topological polar surface area (TPSA) is 44.7 Å². The van der Waals surface area contributed by atoms with Gasteiger partial charge < -0.3 is 15.2 Å². The Bertz CT molecular complexity index is 936. The minimum Gasteiger partial charge on any atom is -0.508 e. The van der Waals surface area contributed by atoms with E-state index in [1.54, 1.807) is 17.4 Å². The molecule has 0 bridgehead atoms. The Kier molecular flexibility index (Phi) is 7.62. The number of nitrogens with one attached hydrogen (secondary N) is 1. The standard InChI is InChI=1S/C26H32N2O2S/c1-27-14-11-25(26-10-5-17-31-26)30-24-9-3-2-6-22(24)19-28-15-12-20(13-16-28)21-7-4-8-23(29)18-21/h2-10,17-18,20,25,27,29H,11-16,19H2,1H3/t25-/m0/s1. The number of para-hydroxylation sites is 1. The van der Waals surface area contributed by atoms with E-state index < -0.39 is 0 Å². The first kappa shape index (κ1) is 21.9. The van der Waals surface area contributed by atoms with Crippen molar-refractivity contribution >= 4 is 11.3 Å². The molecule has 1 fully saturated rings. The monoisotopic (exact) mass is 436 g/mol. The number of aromatic hydroxyl groups is 1. The van der Waals surface area contributed by atoms with Gasteiger partial charge in [0.15, 0.2) is 0 Å². The van der Waals surface area contributed by atoms with Gasteiger partial charge in [-0.05, 0) is 80.7 Å². The third-order valence-electron chi connectivity index (χ3n) is 6.08. The van der Waals surface area contributed by atoms with Gasteiger partial charge in [-0.2, -0.15) is 0 Å². The molecule has 1 aromatic heterocycles. The molecule has 1 atom stereocenters. The van der Waals surface area contributed by atoms with Crippen molar-refractivity contribution in [3.63, 3.8) is 0 Å². The van der Waals surface area contributed by atoms with Crippen LogP contribution in [-0.4, -0.2) is 36.7 Å². The average Bonchev–Trinajstić information content (AvgIpc) is 3.33. The normalized spacial score (nSPS) is 16.3. The number of hydrogen-bond acceptors (Lipinski definition) is 5. The van der Waals surface area contributed by atoms with Crippen LogP contribution in [0.1, 0.15) is 47.3 Å². The van der Waals surface area contributed by atoms with Crippen LogP contribution in [-0.2, 0) is 6.54 Å². The van der Waals surface area contributed by atoms with Crippen molar-refractivity contribution in [1.82, 2.24) is 10.2 Å². The summed E-state index contributed by atoms with van der Waals surface area (Å²) in [6.07, 6.45) is 3.25. The van der Waals surface area contributed by atoms with Crippen LogP contribution in [0.15, 0.2) is 66.0 Å². The molecule has 0 amide bonds. The van der Waals surface area contributed by atoms with Crippen molar-refractivity contribution in [2.45, 2.75) is 37.8 Å². The van der Waals surface area contributed by atoms with E-state index in [4.69, 9.17) is 4.74 Å². The average molecular weight is 437 g/mol. The highest BCUT2D eigenvalue weighted by Crippen LogP contribution is 2.33. The van der Waals surface area contributed by atoms with Crippen molar-refractivity contribution in [2.24, 2.45) is 0 Å². The molecule has 0 spiro atoms. The van der Waals surface area contributed by atoms with Crippen LogP contribution in [0.2, 0.25) is 0 Å². The van der Waals surface area contributed by atoms with E-state index in [0.717, 1.165) is 51.2 Å². The molecule has 2 N–H and O–H groups in total. The number of phenols is 1. The zero-order valence-corrected chi connectivity index (χ0v) is 19.0. The van der Waals surface area contributed by atoms with Crippen molar-refractivity contribution in [1.29, 1.82) is 0 Å². The summed E-state index contributed by atoms with van der Waals surface area (Å²) in [5.41, 5.74) is 2.51. The van der Waals surface area contributed by atoms with E-state index >= 15 is 0 Å². The molecular weight excluding hydrogens is 404 g/mol. The zero-order chi connectivity index (χ0) is 21.5. The molecule has 0 radical (unpaired) electrons. The molecule has 31 heavy (non-hydrogen) atoms. The summed E-state index contributed by atoms with van der Waals surface area (Å²) in [7, 11) is 1.99. The summed E-state index contributed by atoms with van der Waals surface area (Å²) in [6.45, 7) is 3.95. The third-order valence-corrected chi connectivity index (χ3v) is 7.05. The Morgan fingerprint density at radius 3 is 2.68 bits per heavy atom. The fourth-order valence-corrected chi connectivity index (χ4v) is 5.15. The number of piperidine rings is 1. The van der Waals surface area contributed by atoms with E-state index in [1.165, 1.54) is 16.0 Å². The molecule has 164 valence electrons. The molecule has 2 heterocycles. The zero-order valence-electron chi connectivity index (χ0n) is 18.2. The van der Waals surface area contributed by atoms with Gasteiger partial charge in [0.25, 0.3) is 0 Å². The Hall–Kier alpha value is -2.34. The lowest BCUT2D eigenvalue weighted by Gasteiger charge is -2.32. The van der Waals surface area contributed by atoms with E-state index in [1.807, 2.05) is 19.2 Å². The molecule has 1 aliphatic heterocycles. The summed E-state index contributed by atoms with van der Waals surface area (Å²) in [5.74, 6) is 1.89. The van der Waals surface area contributed by atoms with Gasteiger partial charge in [0.05, 0.1) is 0 Å². The van der Waals surface area contributed by atoms with Gasteiger partial charge in [0.1, 0.15) is 17.6 Å². The molecule has 4 rings (SSSR count). The van der Waals surface area contributed by atoms with Crippen LogP contribution in [0.3, 0.4) is 0 Å². The quantitative estimate of drug-likeness (QED) is 0.461. The van der Waals surface area contributed by atoms with Gasteiger partial charge in [0.2, 0.25) is 0 Å². The first-order valence-electron chi connectivity index (χ1n) is 11.2. The van der Waals surface area contributed by atoms with Crippen LogP contribution >= 0.6 is 11.3 Å². The van der Waals surface area contributed by atoms with Crippen LogP contribution in [0, 0.1) is 0 Å². The molecule has 1 aliphatic rings. The highest BCUT2D eigenvalue weighted by atomic mass is 32.1. The fraction of sp³-hybridized carbons (Fsp3) is 0.385. The molecule has 0 saturated carbocycles. The number of thiophene rings is 1. The molecular formula is C26H32N2O2S. The Morgan fingerprint density at radius 1 is 1.10 bits per heavy atom. The predicted molar refractivity (Wildman–Crippen MR) is 128 cm³/mol. The molecule has 0 unspecified atom stereocenters. The molecule has 3 aromatic rings. The third kappa shape index (κ3) is 5.88. The second-order valence-corrected chi connectivity index (χ2v) is 9.25. The van der Waals surface area contributed by atoms with Gasteiger partial charge in [0, 0.05) is 23.4 Å². The Labute approximate surface area is 189 Å². The highest BCUT2D eigenvalue weighted by Gasteiger charge is 2.22. The summed E-state index contributed by atoms with van der Waals surface area (Å²) in [5, 5.41) is 15.2. The minimum absolute atomic E-state index is 0.0742. The molecule has 0 aliphatic carbocycles. The van der Waals surface area contributed by atoms with Crippen LogP contribution in [0.4, 0.5) is 0 Å². The number of likely N-dealkylation sites (tertiary alicyclic amines) is 1. The minimum atomic E-state index is 0.0742. The predicted octanol–water partition coefficient (Wildman–Crippen LogP) is 5.56. The second-order valence-electron chi connectivity index (χ2n) is 8.27. The number of hydrogen-bond donors (Lipinski definition) is 2. The van der Waals surface area contributed by atoms with Gasteiger partial charge in [-0.1, -0.05) is 36.4 Å². The maximum atomic E-state index is 9.79. The number of rotatable bonds is 9. The van der Waals surface area contributed by atoms with Crippen LogP contribution in [0.5, 0.6) is 11.5 Å². The summed E-state index contributed by atoms with van der Waals surface area (Å²) < 4.78 is 6.55. The number of ether oxygens (including phenoxy) is 1. The largest absolute Gasteiger partial charge is 0.508 e. The second kappa shape index (κ2) is 10.8. The summed E-state index contributed by atoms with van der Waals surface area (Å²) >= 11 is 1.76. The lowest BCUT2D eigenvalue weighted by atomic mass is 9.89. The van der Waals surface area contributed by atoms with Crippen molar-refractivity contribution in [2.75, 3.05) is 26.7 Å². The van der Waals surface area contributed by atoms with Crippen molar-refractivity contribution < 1.29 is 9.84 Å². The van der Waals surface area contributed by atoms with E-state index in [2.05, 4.69) is 58.1 Å². The van der Waals surface area contributed by atoms with Gasteiger partial charge in [-0.25, -0.2) is 0 Å².